The number of halogens is 2. The van der Waals surface area contributed by atoms with Crippen molar-refractivity contribution in [3.05, 3.63) is 28.2 Å². The van der Waals surface area contributed by atoms with Crippen LogP contribution in [0.3, 0.4) is 0 Å². The van der Waals surface area contributed by atoms with Crippen LogP contribution in [0.1, 0.15) is 12.0 Å². The zero-order chi connectivity index (χ0) is 13.4. The molecule has 0 spiro atoms. The quantitative estimate of drug-likeness (QED) is 0.456. The third-order valence-corrected chi connectivity index (χ3v) is 3.13. The summed E-state index contributed by atoms with van der Waals surface area (Å²) in [5, 5.41) is 0. The van der Waals surface area contributed by atoms with Crippen molar-refractivity contribution in [2.75, 3.05) is 12.4 Å². The highest BCUT2D eigenvalue weighted by Crippen LogP contribution is 2.26. The Kier molecular flexibility index (Phi) is 6.89. The van der Waals surface area contributed by atoms with Gasteiger partial charge in [-0.3, -0.25) is 0 Å². The average Bonchev–Trinajstić information content (AvgIpc) is 2.34. The van der Waals surface area contributed by atoms with Crippen LogP contribution >= 0.6 is 28.1 Å². The predicted molar refractivity (Wildman–Crippen MR) is 77.3 cm³/mol. The van der Waals surface area contributed by atoms with Crippen molar-refractivity contribution < 1.29 is 8.62 Å². The molecule has 1 aromatic carbocycles. The van der Waals surface area contributed by atoms with Crippen LogP contribution in [-0.2, 0) is 6.54 Å². The first kappa shape index (κ1) is 15.1. The van der Waals surface area contributed by atoms with Gasteiger partial charge in [-0.25, -0.2) is 4.99 Å². The van der Waals surface area contributed by atoms with Crippen LogP contribution in [0.15, 0.2) is 27.7 Å². The van der Waals surface area contributed by atoms with E-state index in [1.165, 1.54) is 0 Å². The van der Waals surface area contributed by atoms with Gasteiger partial charge in [-0.05, 0) is 40.0 Å². The van der Waals surface area contributed by atoms with E-state index in [4.69, 9.17) is 16.2 Å². The monoisotopic (exact) mass is 335 g/mol. The lowest BCUT2D eigenvalue weighted by atomic mass is 10.2. The van der Waals surface area contributed by atoms with E-state index in [0.29, 0.717) is 37.5 Å². The first-order valence-electron chi connectivity index (χ1n) is 5.33. The second-order valence-corrected chi connectivity index (χ2v) is 5.00. The summed E-state index contributed by atoms with van der Waals surface area (Å²) in [6.45, 7) is 0.919. The lowest BCUT2D eigenvalue weighted by molar-refractivity contribution is 0.316. The maximum atomic E-state index is 11.8. The summed E-state index contributed by atoms with van der Waals surface area (Å²) in [6, 6.07) is 5.62. The Balaban J connectivity index is 2.54. The molecule has 0 saturated carbocycles. The molecule has 0 heterocycles. The first-order chi connectivity index (χ1) is 8.63. The Morgan fingerprint density at radius 1 is 1.44 bits per heavy atom. The molecule has 4 N–H and O–H groups in total. The molecule has 7 heteroatoms. The molecule has 0 aromatic heterocycles. The molecule has 0 amide bonds. The number of ether oxygens (including phenoxy) is 1. The summed E-state index contributed by atoms with van der Waals surface area (Å²) in [5.74, 6) is 1.24. The SMILES string of the molecule is NC(N)=NCc1ccc(OCCCSF)c(Br)c1. The molecule has 0 aliphatic carbocycles. The maximum absolute atomic E-state index is 11.8. The number of benzene rings is 1. The molecule has 100 valence electrons. The average molecular weight is 336 g/mol. The van der Waals surface area contributed by atoms with Gasteiger partial charge in [-0.2, -0.15) is 3.89 Å². The second kappa shape index (κ2) is 8.20. The molecular formula is C11H15BrFN3OS. The van der Waals surface area contributed by atoms with E-state index in [1.54, 1.807) is 0 Å². The van der Waals surface area contributed by atoms with Gasteiger partial charge in [0.05, 0.1) is 17.6 Å². The van der Waals surface area contributed by atoms with Gasteiger partial charge in [0, 0.05) is 17.9 Å². The number of hydrogen-bond donors (Lipinski definition) is 2. The van der Waals surface area contributed by atoms with Crippen molar-refractivity contribution in [1.82, 2.24) is 0 Å². The van der Waals surface area contributed by atoms with Gasteiger partial charge < -0.3 is 16.2 Å². The summed E-state index contributed by atoms with van der Waals surface area (Å²) >= 11 is 3.73. The molecule has 0 atom stereocenters. The molecule has 0 aliphatic heterocycles. The minimum atomic E-state index is 0.0650. The molecule has 0 radical (unpaired) electrons. The molecular weight excluding hydrogens is 321 g/mol. The lowest BCUT2D eigenvalue weighted by Crippen LogP contribution is -2.22. The number of rotatable bonds is 7. The summed E-state index contributed by atoms with van der Waals surface area (Å²) in [6.07, 6.45) is 0.670. The normalized spacial score (nSPS) is 10.1. The van der Waals surface area contributed by atoms with E-state index in [0.717, 1.165) is 15.8 Å². The number of aliphatic imine (C=N–C) groups is 1. The third-order valence-electron chi connectivity index (χ3n) is 2.06. The Labute approximate surface area is 118 Å². The van der Waals surface area contributed by atoms with E-state index >= 15 is 0 Å². The van der Waals surface area contributed by atoms with Crippen molar-refractivity contribution >= 4 is 34.0 Å². The standard InChI is InChI=1S/C11H15BrFN3OS/c12-9-6-8(7-16-11(14)15)2-3-10(9)17-4-1-5-18-13/h2-3,6H,1,4-5,7H2,(H4,14,15,16). The summed E-state index contributed by atoms with van der Waals surface area (Å²) < 4.78 is 18.2. The Morgan fingerprint density at radius 3 is 2.83 bits per heavy atom. The fourth-order valence-electron chi connectivity index (χ4n) is 1.24. The van der Waals surface area contributed by atoms with Crippen molar-refractivity contribution in [3.8, 4) is 5.75 Å². The fraction of sp³-hybridized carbons (Fsp3) is 0.364. The van der Waals surface area contributed by atoms with Crippen LogP contribution in [-0.4, -0.2) is 18.3 Å². The van der Waals surface area contributed by atoms with Crippen LogP contribution in [0.4, 0.5) is 3.89 Å². The van der Waals surface area contributed by atoms with E-state index < -0.39 is 0 Å². The third kappa shape index (κ3) is 5.59. The minimum absolute atomic E-state index is 0.0650. The van der Waals surface area contributed by atoms with Crippen molar-refractivity contribution in [1.29, 1.82) is 0 Å². The fourth-order valence-corrected chi connectivity index (χ4v) is 2.01. The van der Waals surface area contributed by atoms with Crippen molar-refractivity contribution in [3.63, 3.8) is 0 Å². The highest BCUT2D eigenvalue weighted by molar-refractivity contribution is 9.10. The van der Waals surface area contributed by atoms with Gasteiger partial charge in [0.2, 0.25) is 0 Å². The molecule has 1 rings (SSSR count). The topological polar surface area (TPSA) is 73.6 Å². The van der Waals surface area contributed by atoms with Gasteiger partial charge in [-0.15, -0.1) is 0 Å². The molecule has 0 saturated heterocycles. The Bertz CT molecular complexity index is 413. The van der Waals surface area contributed by atoms with Gasteiger partial charge in [0.25, 0.3) is 0 Å². The molecule has 4 nitrogen and oxygen atoms in total. The van der Waals surface area contributed by atoms with Crippen LogP contribution in [0, 0.1) is 0 Å². The number of nitrogens with zero attached hydrogens (tertiary/aromatic N) is 1. The lowest BCUT2D eigenvalue weighted by Gasteiger charge is -2.08. The first-order valence-corrected chi connectivity index (χ1v) is 7.01. The molecule has 0 fully saturated rings. The molecule has 18 heavy (non-hydrogen) atoms. The van der Waals surface area contributed by atoms with Gasteiger partial charge >= 0.3 is 0 Å². The van der Waals surface area contributed by atoms with Crippen LogP contribution < -0.4 is 16.2 Å². The van der Waals surface area contributed by atoms with Gasteiger partial charge in [0.1, 0.15) is 5.75 Å². The Morgan fingerprint density at radius 2 is 2.22 bits per heavy atom. The summed E-state index contributed by atoms with van der Waals surface area (Å²) in [7, 11) is 0. The Hall–Kier alpha value is -0.950. The molecule has 1 aromatic rings. The predicted octanol–water partition coefficient (Wildman–Crippen LogP) is 2.61. The van der Waals surface area contributed by atoms with E-state index in [9.17, 15) is 3.89 Å². The molecule has 0 bridgehead atoms. The minimum Gasteiger partial charge on any atom is -0.492 e. The highest BCUT2D eigenvalue weighted by atomic mass is 79.9. The smallest absolute Gasteiger partial charge is 0.186 e. The van der Waals surface area contributed by atoms with Crippen molar-refractivity contribution in [2.45, 2.75) is 13.0 Å². The van der Waals surface area contributed by atoms with Crippen LogP contribution in [0.2, 0.25) is 0 Å². The number of nitrogens with two attached hydrogens (primary N) is 2. The molecule has 0 aliphatic rings. The number of hydrogen-bond acceptors (Lipinski definition) is 3. The highest BCUT2D eigenvalue weighted by Gasteiger charge is 2.02. The van der Waals surface area contributed by atoms with E-state index in [-0.39, 0.29) is 5.96 Å². The molecule has 0 unspecified atom stereocenters. The largest absolute Gasteiger partial charge is 0.492 e. The van der Waals surface area contributed by atoms with Crippen LogP contribution in [0.25, 0.3) is 0 Å². The summed E-state index contributed by atoms with van der Waals surface area (Å²) in [5.41, 5.74) is 11.5. The van der Waals surface area contributed by atoms with Crippen molar-refractivity contribution in [2.24, 2.45) is 16.5 Å². The zero-order valence-corrected chi connectivity index (χ0v) is 12.1. The van der Waals surface area contributed by atoms with E-state index in [2.05, 4.69) is 20.9 Å². The van der Waals surface area contributed by atoms with Gasteiger partial charge in [-0.1, -0.05) is 6.07 Å². The summed E-state index contributed by atoms with van der Waals surface area (Å²) in [4.78, 5) is 3.92. The van der Waals surface area contributed by atoms with E-state index in [1.807, 2.05) is 18.2 Å². The zero-order valence-electron chi connectivity index (χ0n) is 9.73. The van der Waals surface area contributed by atoms with Gasteiger partial charge in [0.15, 0.2) is 5.96 Å². The van der Waals surface area contributed by atoms with Crippen LogP contribution in [0.5, 0.6) is 5.75 Å². The number of guanidine groups is 1. The second-order valence-electron chi connectivity index (χ2n) is 3.52. The maximum Gasteiger partial charge on any atom is 0.186 e.